The van der Waals surface area contributed by atoms with Crippen molar-refractivity contribution in [2.45, 2.75) is 24.3 Å². The van der Waals surface area contributed by atoms with E-state index in [9.17, 15) is 13.2 Å². The van der Waals surface area contributed by atoms with Crippen LogP contribution in [0, 0.1) is 0 Å². The van der Waals surface area contributed by atoms with Crippen molar-refractivity contribution in [3.63, 3.8) is 0 Å². The van der Waals surface area contributed by atoms with Crippen LogP contribution in [0.2, 0.25) is 0 Å². The van der Waals surface area contributed by atoms with Crippen LogP contribution in [0.25, 0.3) is 5.69 Å². The Morgan fingerprint density at radius 1 is 0.970 bits per heavy atom. The largest absolute Gasteiger partial charge is 0.320 e. The normalized spacial score (nSPS) is 15.3. The summed E-state index contributed by atoms with van der Waals surface area (Å²) in [6.07, 6.45) is 4.09. The highest BCUT2D eigenvalue weighted by Crippen LogP contribution is 2.36. The minimum Gasteiger partial charge on any atom is -0.320 e. The Hall–Kier alpha value is -3.91. The number of benzene rings is 3. The lowest BCUT2D eigenvalue weighted by Gasteiger charge is -2.24. The minimum atomic E-state index is -3.83. The number of carbonyl (C=O) groups excluding carboxylic acids is 1. The van der Waals surface area contributed by atoms with E-state index in [-0.39, 0.29) is 16.5 Å². The molecule has 5 rings (SSSR count). The second kappa shape index (κ2) is 8.22. The molecule has 1 unspecified atom stereocenters. The molecule has 0 spiro atoms. The summed E-state index contributed by atoms with van der Waals surface area (Å²) in [7, 11) is -3.83. The summed E-state index contributed by atoms with van der Waals surface area (Å²) in [5, 5.41) is 7.10. The zero-order valence-corrected chi connectivity index (χ0v) is 18.7. The van der Waals surface area contributed by atoms with Gasteiger partial charge in [0.05, 0.1) is 22.0 Å². The number of rotatable bonds is 5. The van der Waals surface area contributed by atoms with Gasteiger partial charge in [0.15, 0.2) is 0 Å². The maximum Gasteiger partial charge on any atom is 0.264 e. The zero-order valence-electron chi connectivity index (χ0n) is 17.9. The fraction of sp³-hybridized carbons (Fsp3) is 0.120. The first-order valence-corrected chi connectivity index (χ1v) is 12.0. The molecule has 0 bridgehead atoms. The van der Waals surface area contributed by atoms with Crippen LogP contribution in [0.15, 0.2) is 96.2 Å². The van der Waals surface area contributed by atoms with E-state index < -0.39 is 15.9 Å². The van der Waals surface area contributed by atoms with Crippen molar-refractivity contribution in [3.05, 3.63) is 102 Å². The van der Waals surface area contributed by atoms with Crippen molar-refractivity contribution in [3.8, 4) is 5.69 Å². The standard InChI is InChI=1S/C25H22N4O3S/c1-18-16-19-8-2-4-12-23(19)29(18)33(31,32)21-10-6-9-20(17-21)25(30)27-22-11-3-5-13-24(22)28-15-7-14-26-28/h2-15,17-18H,16H2,1H3,(H,27,30). The predicted octanol–water partition coefficient (Wildman–Crippen LogP) is 4.26. The lowest BCUT2D eigenvalue weighted by atomic mass is 10.1. The third kappa shape index (κ3) is 3.78. The molecule has 7 nitrogen and oxygen atoms in total. The number of anilines is 2. The molecule has 0 aliphatic carbocycles. The van der Waals surface area contributed by atoms with E-state index in [1.165, 1.54) is 16.4 Å². The monoisotopic (exact) mass is 458 g/mol. The van der Waals surface area contributed by atoms with E-state index in [2.05, 4.69) is 10.4 Å². The fourth-order valence-electron chi connectivity index (χ4n) is 4.20. The van der Waals surface area contributed by atoms with Gasteiger partial charge in [-0.3, -0.25) is 9.10 Å². The number of para-hydroxylation sites is 3. The first-order chi connectivity index (χ1) is 15.9. The average Bonchev–Trinajstić information content (AvgIpc) is 3.47. The maximum atomic E-state index is 13.5. The van der Waals surface area contributed by atoms with E-state index in [1.807, 2.05) is 49.4 Å². The smallest absolute Gasteiger partial charge is 0.264 e. The van der Waals surface area contributed by atoms with Crippen molar-refractivity contribution >= 4 is 27.3 Å². The summed E-state index contributed by atoms with van der Waals surface area (Å²) in [4.78, 5) is 13.1. The first kappa shape index (κ1) is 21.0. The Labute approximate surface area is 192 Å². The summed E-state index contributed by atoms with van der Waals surface area (Å²) in [5.74, 6) is -0.401. The van der Waals surface area contributed by atoms with Crippen LogP contribution in [-0.2, 0) is 16.4 Å². The summed E-state index contributed by atoms with van der Waals surface area (Å²) in [5.41, 5.74) is 3.22. The predicted molar refractivity (Wildman–Crippen MR) is 127 cm³/mol. The number of hydrogen-bond donors (Lipinski definition) is 1. The average molecular weight is 459 g/mol. The molecule has 1 aliphatic heterocycles. The summed E-state index contributed by atoms with van der Waals surface area (Å²) < 4.78 is 30.2. The van der Waals surface area contributed by atoms with Gasteiger partial charge >= 0.3 is 0 Å². The van der Waals surface area contributed by atoms with Crippen LogP contribution in [0.1, 0.15) is 22.8 Å². The molecule has 2 heterocycles. The molecule has 1 N–H and O–H groups in total. The highest BCUT2D eigenvalue weighted by atomic mass is 32.2. The molecule has 8 heteroatoms. The van der Waals surface area contributed by atoms with E-state index in [1.54, 1.807) is 41.3 Å². The quantitative estimate of drug-likeness (QED) is 0.484. The number of hydrogen-bond acceptors (Lipinski definition) is 4. The van der Waals surface area contributed by atoms with Crippen molar-refractivity contribution in [1.29, 1.82) is 0 Å². The van der Waals surface area contributed by atoms with Crippen LogP contribution >= 0.6 is 0 Å². The third-order valence-corrected chi connectivity index (χ3v) is 7.63. The summed E-state index contributed by atoms with van der Waals surface area (Å²) >= 11 is 0. The Morgan fingerprint density at radius 2 is 1.73 bits per heavy atom. The highest BCUT2D eigenvalue weighted by molar-refractivity contribution is 7.92. The minimum absolute atomic E-state index is 0.0825. The van der Waals surface area contributed by atoms with Crippen LogP contribution in [0.4, 0.5) is 11.4 Å². The fourth-order valence-corrected chi connectivity index (χ4v) is 5.94. The molecule has 166 valence electrons. The van der Waals surface area contributed by atoms with Crippen LogP contribution in [0.3, 0.4) is 0 Å². The Bertz CT molecular complexity index is 1430. The number of fused-ring (bicyclic) bond motifs is 1. The third-order valence-electron chi connectivity index (χ3n) is 5.70. The Morgan fingerprint density at radius 3 is 2.52 bits per heavy atom. The van der Waals surface area contributed by atoms with Gasteiger partial charge in [0.1, 0.15) is 0 Å². The zero-order chi connectivity index (χ0) is 23.0. The van der Waals surface area contributed by atoms with Crippen molar-refractivity contribution in [1.82, 2.24) is 9.78 Å². The highest BCUT2D eigenvalue weighted by Gasteiger charge is 2.36. The Kier molecular flexibility index (Phi) is 5.22. The topological polar surface area (TPSA) is 84.3 Å². The lowest BCUT2D eigenvalue weighted by Crippen LogP contribution is -2.35. The molecule has 0 saturated carbocycles. The van der Waals surface area contributed by atoms with Crippen molar-refractivity contribution in [2.24, 2.45) is 0 Å². The van der Waals surface area contributed by atoms with Crippen LogP contribution < -0.4 is 9.62 Å². The number of carbonyl (C=O) groups is 1. The molecular weight excluding hydrogens is 436 g/mol. The molecule has 4 aromatic rings. The van der Waals surface area contributed by atoms with Gasteiger partial charge in [0.2, 0.25) is 0 Å². The summed E-state index contributed by atoms with van der Waals surface area (Å²) in [6.45, 7) is 1.89. The molecule has 3 aromatic carbocycles. The van der Waals surface area contributed by atoms with Crippen LogP contribution in [0.5, 0.6) is 0 Å². The molecule has 0 radical (unpaired) electrons. The van der Waals surface area contributed by atoms with Gasteiger partial charge in [-0.25, -0.2) is 13.1 Å². The van der Waals surface area contributed by atoms with Crippen molar-refractivity contribution in [2.75, 3.05) is 9.62 Å². The molecule has 0 saturated heterocycles. The van der Waals surface area contributed by atoms with Gasteiger partial charge in [-0.15, -0.1) is 0 Å². The molecule has 1 atom stereocenters. The van der Waals surface area contributed by atoms with Gasteiger partial charge in [0, 0.05) is 24.0 Å². The first-order valence-electron chi connectivity index (χ1n) is 10.6. The van der Waals surface area contributed by atoms with Gasteiger partial charge in [0.25, 0.3) is 15.9 Å². The van der Waals surface area contributed by atoms with Gasteiger partial charge in [-0.2, -0.15) is 5.10 Å². The number of aromatic nitrogens is 2. The Balaban J connectivity index is 1.45. The maximum absolute atomic E-state index is 13.5. The van der Waals surface area contributed by atoms with E-state index >= 15 is 0 Å². The van der Waals surface area contributed by atoms with Crippen molar-refractivity contribution < 1.29 is 13.2 Å². The SMILES string of the molecule is CC1Cc2ccccc2N1S(=O)(=O)c1cccc(C(=O)Nc2ccccc2-n2cccn2)c1. The molecule has 1 amide bonds. The number of nitrogens with zero attached hydrogens (tertiary/aromatic N) is 3. The molecular formula is C25H22N4O3S. The van der Waals surface area contributed by atoms with Crippen LogP contribution in [-0.4, -0.2) is 30.1 Å². The number of amides is 1. The van der Waals surface area contributed by atoms with E-state index in [0.29, 0.717) is 23.5 Å². The van der Waals surface area contributed by atoms with Gasteiger partial charge in [-0.1, -0.05) is 36.4 Å². The molecule has 33 heavy (non-hydrogen) atoms. The van der Waals surface area contributed by atoms with Gasteiger partial charge in [-0.05, 0) is 61.4 Å². The second-order valence-corrected chi connectivity index (χ2v) is 9.75. The van der Waals surface area contributed by atoms with E-state index in [0.717, 1.165) is 5.56 Å². The second-order valence-electron chi connectivity index (χ2n) is 7.93. The summed E-state index contributed by atoms with van der Waals surface area (Å²) in [6, 6.07) is 22.5. The van der Waals surface area contributed by atoms with E-state index in [4.69, 9.17) is 0 Å². The number of sulfonamides is 1. The van der Waals surface area contributed by atoms with Gasteiger partial charge < -0.3 is 5.32 Å². The molecule has 1 aromatic heterocycles. The number of nitrogens with one attached hydrogen (secondary N) is 1. The molecule has 0 fully saturated rings. The molecule has 1 aliphatic rings. The lowest BCUT2D eigenvalue weighted by molar-refractivity contribution is 0.102.